The first-order valence-corrected chi connectivity index (χ1v) is 6.41. The monoisotopic (exact) mass is 196 g/mol. The minimum atomic E-state index is -0.339. The van der Waals surface area contributed by atoms with Crippen LogP contribution < -0.4 is 0 Å². The molecule has 2 aliphatic heterocycles. The molecule has 1 atom stereocenters. The highest BCUT2D eigenvalue weighted by Gasteiger charge is 2.68. The van der Waals surface area contributed by atoms with Crippen LogP contribution in [-0.4, -0.2) is 27.5 Å². The Bertz CT molecular complexity index is 247. The van der Waals surface area contributed by atoms with Crippen LogP contribution in [0.1, 0.15) is 26.7 Å². The number of ether oxygens (including phenoxy) is 2. The summed E-state index contributed by atoms with van der Waals surface area (Å²) in [6.45, 7) is 7.23. The molecule has 1 unspecified atom stereocenters. The van der Waals surface area contributed by atoms with Crippen molar-refractivity contribution in [1.82, 2.24) is 0 Å². The second-order valence-electron chi connectivity index (χ2n) is 4.14. The van der Waals surface area contributed by atoms with Gasteiger partial charge in [0.2, 0.25) is 5.79 Å². The fourth-order valence-electron chi connectivity index (χ4n) is 2.07. The van der Waals surface area contributed by atoms with Gasteiger partial charge < -0.3 is 9.47 Å². The maximum absolute atomic E-state index is 5.77. The second kappa shape index (κ2) is 2.94. The van der Waals surface area contributed by atoms with E-state index < -0.39 is 0 Å². The van der Waals surface area contributed by atoms with Gasteiger partial charge in [-0.05, 0) is 32.3 Å². The summed E-state index contributed by atoms with van der Waals surface area (Å²) >= 11 is 0. The number of rotatable bonds is 1. The van der Waals surface area contributed by atoms with E-state index in [9.17, 15) is 0 Å². The summed E-state index contributed by atoms with van der Waals surface area (Å²) in [7, 11) is 0.849. The highest BCUT2D eigenvalue weighted by atomic mass is 28.2. The quantitative estimate of drug-likeness (QED) is 0.472. The fourth-order valence-corrected chi connectivity index (χ4v) is 2.75. The van der Waals surface area contributed by atoms with E-state index in [1.807, 2.05) is 0 Å². The topological polar surface area (TPSA) is 21.8 Å². The molecular weight excluding hydrogens is 180 g/mol. The van der Waals surface area contributed by atoms with Gasteiger partial charge >= 0.3 is 0 Å². The molecule has 0 aromatic rings. The maximum Gasteiger partial charge on any atom is 0.220 e. The maximum atomic E-state index is 5.77. The van der Waals surface area contributed by atoms with Gasteiger partial charge in [-0.2, -0.15) is 0 Å². The van der Waals surface area contributed by atoms with Crippen LogP contribution in [0, 0.1) is 0 Å². The molecule has 2 heterocycles. The van der Waals surface area contributed by atoms with Crippen LogP contribution in [0.3, 0.4) is 0 Å². The minimum absolute atomic E-state index is 0.0983. The van der Waals surface area contributed by atoms with Crippen molar-refractivity contribution in [1.29, 1.82) is 0 Å². The van der Waals surface area contributed by atoms with Gasteiger partial charge in [-0.15, -0.1) is 0 Å². The Balaban J connectivity index is 2.21. The summed E-state index contributed by atoms with van der Waals surface area (Å²) in [4.78, 5) is 0. The average molecular weight is 196 g/mol. The zero-order valence-corrected chi connectivity index (χ0v) is 9.52. The van der Waals surface area contributed by atoms with E-state index in [0.29, 0.717) is 0 Å². The van der Waals surface area contributed by atoms with E-state index in [1.54, 1.807) is 0 Å². The van der Waals surface area contributed by atoms with Crippen LogP contribution >= 0.6 is 0 Å². The number of epoxide rings is 1. The third-order valence-electron chi connectivity index (χ3n) is 2.79. The van der Waals surface area contributed by atoms with Crippen LogP contribution in [0.25, 0.3) is 0 Å². The smallest absolute Gasteiger partial charge is 0.220 e. The SMILES string of the molecule is C[Si]/C=C1\CCCOC12OC2(C)C. The third-order valence-corrected chi connectivity index (χ3v) is 3.42. The Morgan fingerprint density at radius 1 is 1.46 bits per heavy atom. The van der Waals surface area contributed by atoms with E-state index in [1.165, 1.54) is 5.57 Å². The highest BCUT2D eigenvalue weighted by molar-refractivity contribution is 6.40. The average Bonchev–Trinajstić information content (AvgIpc) is 2.60. The van der Waals surface area contributed by atoms with E-state index in [0.717, 1.165) is 29.0 Å². The summed E-state index contributed by atoms with van der Waals surface area (Å²) in [6.07, 6.45) is 2.28. The molecule has 2 nitrogen and oxygen atoms in total. The van der Waals surface area contributed by atoms with Gasteiger partial charge in [-0.3, -0.25) is 0 Å². The molecule has 0 aromatic heterocycles. The highest BCUT2D eigenvalue weighted by Crippen LogP contribution is 2.55. The first-order valence-electron chi connectivity index (χ1n) is 4.83. The molecule has 2 rings (SSSR count). The van der Waals surface area contributed by atoms with Crippen molar-refractivity contribution in [2.24, 2.45) is 0 Å². The van der Waals surface area contributed by atoms with Crippen molar-refractivity contribution in [3.63, 3.8) is 0 Å². The normalized spacial score (nSPS) is 39.8. The lowest BCUT2D eigenvalue weighted by atomic mass is 9.94. The molecule has 2 radical (unpaired) electrons. The molecule has 0 bridgehead atoms. The summed E-state index contributed by atoms with van der Waals surface area (Å²) in [5.74, 6) is -0.339. The van der Waals surface area contributed by atoms with Gasteiger partial charge in [-0.25, -0.2) is 0 Å². The van der Waals surface area contributed by atoms with Crippen molar-refractivity contribution >= 4 is 9.52 Å². The van der Waals surface area contributed by atoms with E-state index >= 15 is 0 Å². The predicted molar refractivity (Wildman–Crippen MR) is 52.8 cm³/mol. The molecule has 13 heavy (non-hydrogen) atoms. The Labute approximate surface area is 82.1 Å². The zero-order chi connectivity index (χ0) is 9.53. The van der Waals surface area contributed by atoms with Crippen molar-refractivity contribution in [3.05, 3.63) is 11.3 Å². The lowest BCUT2D eigenvalue weighted by Gasteiger charge is -2.24. The molecule has 2 aliphatic rings. The Kier molecular flexibility index (Phi) is 2.13. The summed E-state index contributed by atoms with van der Waals surface area (Å²) < 4.78 is 11.5. The van der Waals surface area contributed by atoms with Crippen LogP contribution in [-0.2, 0) is 9.47 Å². The lowest BCUT2D eigenvalue weighted by Crippen LogP contribution is -2.31. The van der Waals surface area contributed by atoms with E-state index in [2.05, 4.69) is 26.1 Å². The lowest BCUT2D eigenvalue weighted by molar-refractivity contribution is -0.0373. The Hall–Kier alpha value is -0.123. The van der Waals surface area contributed by atoms with E-state index in [4.69, 9.17) is 9.47 Å². The van der Waals surface area contributed by atoms with Gasteiger partial charge in [0.1, 0.15) is 5.60 Å². The van der Waals surface area contributed by atoms with Gasteiger partial charge in [0, 0.05) is 0 Å². The first-order chi connectivity index (χ1) is 6.12. The second-order valence-corrected chi connectivity index (χ2v) is 5.01. The summed E-state index contributed by atoms with van der Waals surface area (Å²) in [5.41, 5.74) is 3.55. The number of hydrogen-bond donors (Lipinski definition) is 0. The van der Waals surface area contributed by atoms with Crippen molar-refractivity contribution in [2.45, 2.75) is 44.6 Å². The molecule has 0 aliphatic carbocycles. The zero-order valence-electron chi connectivity index (χ0n) is 8.52. The van der Waals surface area contributed by atoms with E-state index in [-0.39, 0.29) is 11.4 Å². The molecule has 2 fully saturated rings. The van der Waals surface area contributed by atoms with Gasteiger partial charge in [-0.1, -0.05) is 12.2 Å². The standard InChI is InChI=1S/C10H16O2Si/c1-9(2)10(12-9)8(7-13-3)5-4-6-11-10/h7H,4-6H2,1-3H3/b8-7+. The largest absolute Gasteiger partial charge is 0.344 e. The molecule has 0 aromatic carbocycles. The third kappa shape index (κ3) is 1.30. The summed E-state index contributed by atoms with van der Waals surface area (Å²) in [5, 5.41) is 0. The minimum Gasteiger partial charge on any atom is -0.344 e. The molecular formula is C10H16O2Si. The van der Waals surface area contributed by atoms with Crippen LogP contribution in [0.2, 0.25) is 6.55 Å². The van der Waals surface area contributed by atoms with Crippen molar-refractivity contribution in [3.8, 4) is 0 Å². The Morgan fingerprint density at radius 3 is 2.69 bits per heavy atom. The van der Waals surface area contributed by atoms with Gasteiger partial charge in [0.25, 0.3) is 0 Å². The molecule has 72 valence electrons. The summed E-state index contributed by atoms with van der Waals surface area (Å²) in [6, 6.07) is 0. The molecule has 0 N–H and O–H groups in total. The molecule has 0 amide bonds. The molecule has 2 saturated heterocycles. The molecule has 3 heteroatoms. The predicted octanol–water partition coefficient (Wildman–Crippen LogP) is 1.94. The van der Waals surface area contributed by atoms with Crippen LogP contribution in [0.15, 0.2) is 11.3 Å². The van der Waals surface area contributed by atoms with Crippen LogP contribution in [0.4, 0.5) is 0 Å². The fraction of sp³-hybridized carbons (Fsp3) is 0.800. The first kappa shape index (κ1) is 9.43. The van der Waals surface area contributed by atoms with Crippen LogP contribution in [0.5, 0.6) is 0 Å². The van der Waals surface area contributed by atoms with Gasteiger partial charge in [0.15, 0.2) is 0 Å². The Morgan fingerprint density at radius 2 is 2.15 bits per heavy atom. The van der Waals surface area contributed by atoms with Gasteiger partial charge in [0.05, 0.1) is 16.1 Å². The van der Waals surface area contributed by atoms with Crippen molar-refractivity contribution in [2.75, 3.05) is 6.61 Å². The number of hydrogen-bond acceptors (Lipinski definition) is 2. The molecule has 0 saturated carbocycles. The molecule has 1 spiro atoms. The van der Waals surface area contributed by atoms with Crippen molar-refractivity contribution < 1.29 is 9.47 Å².